The molecule has 1 aromatic carbocycles. The average Bonchev–Trinajstić information content (AvgIpc) is 3.19. The highest BCUT2D eigenvalue weighted by atomic mass is 32.2. The van der Waals surface area contributed by atoms with Crippen molar-refractivity contribution in [2.75, 3.05) is 5.75 Å². The molecule has 0 radical (unpaired) electrons. The van der Waals surface area contributed by atoms with E-state index >= 15 is 0 Å². The van der Waals surface area contributed by atoms with Gasteiger partial charge in [0.25, 0.3) is 10.0 Å². The molecule has 7 heteroatoms. The SMILES string of the molecule is CCCCCCCCCCSc1cccc2sc(S(=O)(=O)NC3CCCCC3)nc12. The Labute approximate surface area is 190 Å². The van der Waals surface area contributed by atoms with E-state index in [1.54, 1.807) is 0 Å². The van der Waals surface area contributed by atoms with E-state index in [0.29, 0.717) is 0 Å². The van der Waals surface area contributed by atoms with Crippen molar-refractivity contribution < 1.29 is 8.42 Å². The van der Waals surface area contributed by atoms with Crippen LogP contribution >= 0.6 is 23.1 Å². The molecule has 30 heavy (non-hydrogen) atoms. The molecule has 0 aliphatic heterocycles. The summed E-state index contributed by atoms with van der Waals surface area (Å²) < 4.78 is 29.7. The first-order valence-electron chi connectivity index (χ1n) is 11.6. The van der Waals surface area contributed by atoms with Gasteiger partial charge in [-0.25, -0.2) is 18.1 Å². The van der Waals surface area contributed by atoms with Crippen LogP contribution in [0.3, 0.4) is 0 Å². The Morgan fingerprint density at radius 2 is 1.73 bits per heavy atom. The van der Waals surface area contributed by atoms with E-state index in [0.717, 1.165) is 46.5 Å². The van der Waals surface area contributed by atoms with Crippen molar-refractivity contribution >= 4 is 43.3 Å². The standard InChI is InChI=1S/C23H36N2O2S3/c1-2-3-4-5-6-7-8-12-18-28-20-16-13-17-21-22(20)24-23(29-21)30(26,27)25-19-14-10-9-11-15-19/h13,16-17,19,25H,2-12,14-15,18H2,1H3. The number of hydrogen-bond donors (Lipinski definition) is 1. The molecule has 0 bridgehead atoms. The van der Waals surface area contributed by atoms with Crippen LogP contribution in [0.4, 0.5) is 0 Å². The second-order valence-corrected chi connectivity index (χ2v) is 12.4. The lowest BCUT2D eigenvalue weighted by molar-refractivity contribution is 0.412. The van der Waals surface area contributed by atoms with Crippen LogP contribution in [0.25, 0.3) is 10.2 Å². The van der Waals surface area contributed by atoms with Gasteiger partial charge in [0.2, 0.25) is 4.34 Å². The van der Waals surface area contributed by atoms with E-state index in [4.69, 9.17) is 0 Å². The molecule has 2 aromatic rings. The van der Waals surface area contributed by atoms with Crippen molar-refractivity contribution in [3.8, 4) is 0 Å². The van der Waals surface area contributed by atoms with Gasteiger partial charge in [-0.15, -0.1) is 23.1 Å². The molecule has 1 aliphatic rings. The predicted octanol–water partition coefficient (Wildman–Crippen LogP) is 7.14. The van der Waals surface area contributed by atoms with Crippen LogP contribution in [0, 0.1) is 0 Å². The lowest BCUT2D eigenvalue weighted by Gasteiger charge is -2.21. The minimum Gasteiger partial charge on any atom is -0.223 e. The molecule has 0 unspecified atom stereocenters. The Balaban J connectivity index is 1.52. The number of sulfonamides is 1. The first-order valence-corrected chi connectivity index (χ1v) is 14.9. The molecule has 168 valence electrons. The molecule has 0 atom stereocenters. The third-order valence-corrected chi connectivity index (χ3v) is 9.83. The number of aromatic nitrogens is 1. The Kier molecular flexibility index (Phi) is 9.94. The quantitative estimate of drug-likeness (QED) is 0.251. The van der Waals surface area contributed by atoms with Crippen LogP contribution in [-0.2, 0) is 10.0 Å². The maximum absolute atomic E-state index is 12.8. The van der Waals surface area contributed by atoms with Gasteiger partial charge in [-0.1, -0.05) is 77.2 Å². The molecule has 1 aromatic heterocycles. The monoisotopic (exact) mass is 468 g/mol. The lowest BCUT2D eigenvalue weighted by Crippen LogP contribution is -2.36. The summed E-state index contributed by atoms with van der Waals surface area (Å²) in [7, 11) is -3.53. The first-order chi connectivity index (χ1) is 14.6. The molecule has 0 amide bonds. The predicted molar refractivity (Wildman–Crippen MR) is 130 cm³/mol. The van der Waals surface area contributed by atoms with Gasteiger partial charge in [0, 0.05) is 10.9 Å². The number of nitrogens with one attached hydrogen (secondary N) is 1. The third-order valence-electron chi connectivity index (χ3n) is 5.77. The molecule has 1 N–H and O–H groups in total. The normalized spacial score (nSPS) is 15.8. The highest BCUT2D eigenvalue weighted by Gasteiger charge is 2.25. The number of unbranched alkanes of at least 4 members (excludes halogenated alkanes) is 7. The number of thiazole rings is 1. The van der Waals surface area contributed by atoms with Gasteiger partial charge in [0.05, 0.1) is 10.2 Å². The Hall–Kier alpha value is -0.630. The van der Waals surface area contributed by atoms with Crippen LogP contribution in [0.1, 0.15) is 90.4 Å². The summed E-state index contributed by atoms with van der Waals surface area (Å²) in [5.74, 6) is 1.06. The summed E-state index contributed by atoms with van der Waals surface area (Å²) in [5, 5.41) is 0. The third kappa shape index (κ3) is 7.21. The number of rotatable bonds is 13. The summed E-state index contributed by atoms with van der Waals surface area (Å²) in [6, 6.07) is 6.13. The molecule has 4 nitrogen and oxygen atoms in total. The fourth-order valence-electron chi connectivity index (χ4n) is 4.04. The van der Waals surface area contributed by atoms with E-state index < -0.39 is 10.0 Å². The molecule has 1 saturated carbocycles. The van der Waals surface area contributed by atoms with Crippen molar-refractivity contribution in [1.82, 2.24) is 9.71 Å². The maximum Gasteiger partial charge on any atom is 0.268 e. The fraction of sp³-hybridized carbons (Fsp3) is 0.696. The minimum atomic E-state index is -3.53. The fourth-order valence-corrected chi connectivity index (χ4v) is 7.71. The van der Waals surface area contributed by atoms with E-state index in [-0.39, 0.29) is 10.4 Å². The highest BCUT2D eigenvalue weighted by molar-refractivity contribution is 7.99. The first kappa shape index (κ1) is 24.0. The molecular weight excluding hydrogens is 432 g/mol. The van der Waals surface area contributed by atoms with E-state index in [1.165, 1.54) is 69.1 Å². The van der Waals surface area contributed by atoms with Crippen LogP contribution in [0.5, 0.6) is 0 Å². The number of para-hydroxylation sites is 1. The van der Waals surface area contributed by atoms with Crippen molar-refractivity contribution in [2.45, 2.75) is 106 Å². The van der Waals surface area contributed by atoms with Crippen molar-refractivity contribution in [3.05, 3.63) is 18.2 Å². The van der Waals surface area contributed by atoms with Crippen LogP contribution in [0.2, 0.25) is 0 Å². The van der Waals surface area contributed by atoms with Gasteiger partial charge in [-0.05, 0) is 37.1 Å². The highest BCUT2D eigenvalue weighted by Crippen LogP contribution is 2.33. The Morgan fingerprint density at radius 1 is 1.03 bits per heavy atom. The zero-order valence-electron chi connectivity index (χ0n) is 18.2. The number of thioether (sulfide) groups is 1. The van der Waals surface area contributed by atoms with Gasteiger partial charge in [0.1, 0.15) is 0 Å². The Morgan fingerprint density at radius 3 is 2.47 bits per heavy atom. The summed E-state index contributed by atoms with van der Waals surface area (Å²) in [4.78, 5) is 5.66. The van der Waals surface area contributed by atoms with Crippen LogP contribution in [0.15, 0.2) is 27.4 Å². The summed E-state index contributed by atoms with van der Waals surface area (Å²) in [6.45, 7) is 2.26. The summed E-state index contributed by atoms with van der Waals surface area (Å²) in [5.41, 5.74) is 0.844. The van der Waals surface area contributed by atoms with Crippen molar-refractivity contribution in [2.24, 2.45) is 0 Å². The van der Waals surface area contributed by atoms with Gasteiger partial charge in [0.15, 0.2) is 0 Å². The molecule has 0 saturated heterocycles. The van der Waals surface area contributed by atoms with Gasteiger partial charge < -0.3 is 0 Å². The summed E-state index contributed by atoms with van der Waals surface area (Å²) >= 11 is 3.10. The molecule has 1 fully saturated rings. The topological polar surface area (TPSA) is 59.1 Å². The molecule has 1 aliphatic carbocycles. The van der Waals surface area contributed by atoms with E-state index in [2.05, 4.69) is 22.7 Å². The van der Waals surface area contributed by atoms with E-state index in [9.17, 15) is 8.42 Å². The van der Waals surface area contributed by atoms with Crippen molar-refractivity contribution in [3.63, 3.8) is 0 Å². The molecule has 1 heterocycles. The zero-order chi connectivity index (χ0) is 21.2. The van der Waals surface area contributed by atoms with Gasteiger partial charge >= 0.3 is 0 Å². The van der Waals surface area contributed by atoms with Crippen LogP contribution in [-0.4, -0.2) is 25.2 Å². The number of fused-ring (bicyclic) bond motifs is 1. The van der Waals surface area contributed by atoms with Gasteiger partial charge in [-0.2, -0.15) is 0 Å². The minimum absolute atomic E-state index is 0.0616. The average molecular weight is 469 g/mol. The number of benzene rings is 1. The van der Waals surface area contributed by atoms with Crippen LogP contribution < -0.4 is 4.72 Å². The van der Waals surface area contributed by atoms with Crippen molar-refractivity contribution in [1.29, 1.82) is 0 Å². The van der Waals surface area contributed by atoms with Gasteiger partial charge in [-0.3, -0.25) is 0 Å². The molecule has 3 rings (SSSR count). The lowest BCUT2D eigenvalue weighted by atomic mass is 9.96. The molecule has 0 spiro atoms. The zero-order valence-corrected chi connectivity index (χ0v) is 20.6. The molecular formula is C23H36N2O2S3. The second-order valence-electron chi connectivity index (χ2n) is 8.36. The Bertz CT molecular complexity index is 874. The number of nitrogens with zero attached hydrogens (tertiary/aromatic N) is 1. The second kappa shape index (κ2) is 12.4. The summed E-state index contributed by atoms with van der Waals surface area (Å²) in [6.07, 6.45) is 15.8. The maximum atomic E-state index is 12.8. The largest absolute Gasteiger partial charge is 0.268 e. The van der Waals surface area contributed by atoms with E-state index in [1.807, 2.05) is 23.9 Å². The smallest absolute Gasteiger partial charge is 0.223 e. The number of hydrogen-bond acceptors (Lipinski definition) is 5.